The first kappa shape index (κ1) is 13.2. The zero-order chi connectivity index (χ0) is 13.1. The lowest BCUT2D eigenvalue weighted by atomic mass is 10.2. The molecule has 0 aliphatic heterocycles. The van der Waals surface area contributed by atoms with Gasteiger partial charge in [-0.1, -0.05) is 22.0 Å². The van der Waals surface area contributed by atoms with Gasteiger partial charge in [0.1, 0.15) is 11.5 Å². The van der Waals surface area contributed by atoms with E-state index in [2.05, 4.69) is 27.9 Å². The van der Waals surface area contributed by atoms with Crippen molar-refractivity contribution in [2.45, 2.75) is 20.0 Å². The molecule has 2 aromatic rings. The van der Waals surface area contributed by atoms with Crippen LogP contribution in [-0.2, 0) is 13.1 Å². The molecule has 0 fully saturated rings. The minimum absolute atomic E-state index is 0.773. The summed E-state index contributed by atoms with van der Waals surface area (Å²) in [5.41, 5.74) is 7.72. The molecule has 3 nitrogen and oxygen atoms in total. The van der Waals surface area contributed by atoms with Crippen LogP contribution in [0.15, 0.2) is 39.2 Å². The van der Waals surface area contributed by atoms with Crippen LogP contribution in [0.25, 0.3) is 0 Å². The summed E-state index contributed by atoms with van der Waals surface area (Å²) in [6.45, 7) is 3.60. The summed E-state index contributed by atoms with van der Waals surface area (Å²) in [4.78, 5) is 2.20. The monoisotopic (exact) mass is 308 g/mol. The maximum absolute atomic E-state index is 5.73. The highest BCUT2D eigenvalue weighted by Crippen LogP contribution is 2.21. The van der Waals surface area contributed by atoms with Gasteiger partial charge in [-0.15, -0.1) is 0 Å². The SMILES string of the molecule is Cc1ccc(CN(C)Cc2ccc(N)cc2Br)o1. The zero-order valence-corrected chi connectivity index (χ0v) is 12.2. The van der Waals surface area contributed by atoms with Crippen molar-refractivity contribution in [3.05, 3.63) is 51.9 Å². The maximum Gasteiger partial charge on any atom is 0.118 e. The summed E-state index contributed by atoms with van der Waals surface area (Å²) in [7, 11) is 2.07. The largest absolute Gasteiger partial charge is 0.465 e. The zero-order valence-electron chi connectivity index (χ0n) is 10.6. The van der Waals surface area contributed by atoms with Crippen molar-refractivity contribution in [3.63, 3.8) is 0 Å². The number of nitrogens with two attached hydrogens (primary N) is 1. The number of benzene rings is 1. The first-order valence-corrected chi connectivity index (χ1v) is 6.61. The highest BCUT2D eigenvalue weighted by molar-refractivity contribution is 9.10. The number of hydrogen-bond donors (Lipinski definition) is 1. The average Bonchev–Trinajstić information content (AvgIpc) is 2.68. The number of nitrogens with zero attached hydrogens (tertiary/aromatic N) is 1. The van der Waals surface area contributed by atoms with Gasteiger partial charge in [0.05, 0.1) is 6.54 Å². The van der Waals surface area contributed by atoms with Crippen LogP contribution in [0, 0.1) is 6.92 Å². The molecule has 0 aliphatic rings. The van der Waals surface area contributed by atoms with Crippen LogP contribution >= 0.6 is 15.9 Å². The molecule has 0 saturated heterocycles. The lowest BCUT2D eigenvalue weighted by Crippen LogP contribution is -2.17. The van der Waals surface area contributed by atoms with Crippen molar-refractivity contribution in [1.29, 1.82) is 0 Å². The first-order valence-electron chi connectivity index (χ1n) is 5.82. The Kier molecular flexibility index (Phi) is 4.09. The highest BCUT2D eigenvalue weighted by atomic mass is 79.9. The summed E-state index contributed by atoms with van der Waals surface area (Å²) < 4.78 is 6.61. The molecule has 1 heterocycles. The van der Waals surface area contributed by atoms with Crippen molar-refractivity contribution in [2.24, 2.45) is 0 Å². The Balaban J connectivity index is 2.00. The van der Waals surface area contributed by atoms with Gasteiger partial charge in [-0.05, 0) is 43.8 Å². The summed E-state index contributed by atoms with van der Waals surface area (Å²) in [6.07, 6.45) is 0. The van der Waals surface area contributed by atoms with Gasteiger partial charge in [0.2, 0.25) is 0 Å². The van der Waals surface area contributed by atoms with E-state index in [1.165, 1.54) is 5.56 Å². The molecule has 96 valence electrons. The normalized spacial score (nSPS) is 11.1. The number of aryl methyl sites for hydroxylation is 1. The number of halogens is 1. The van der Waals surface area contributed by atoms with Gasteiger partial charge in [-0.3, -0.25) is 4.90 Å². The van der Waals surface area contributed by atoms with Crippen LogP contribution < -0.4 is 5.73 Å². The van der Waals surface area contributed by atoms with Crippen molar-refractivity contribution < 1.29 is 4.42 Å². The van der Waals surface area contributed by atoms with E-state index in [1.54, 1.807) is 0 Å². The van der Waals surface area contributed by atoms with E-state index >= 15 is 0 Å². The molecule has 2 rings (SSSR count). The molecule has 0 amide bonds. The second-order valence-electron chi connectivity index (χ2n) is 4.54. The molecule has 0 spiro atoms. The Morgan fingerprint density at radius 2 is 2.00 bits per heavy atom. The van der Waals surface area contributed by atoms with Crippen molar-refractivity contribution >= 4 is 21.6 Å². The molecular formula is C14H17BrN2O. The molecule has 0 bridgehead atoms. The number of anilines is 1. The van der Waals surface area contributed by atoms with Gasteiger partial charge in [-0.2, -0.15) is 0 Å². The molecule has 18 heavy (non-hydrogen) atoms. The Hall–Kier alpha value is -1.26. The predicted octanol–water partition coefficient (Wildman–Crippen LogP) is 3.56. The van der Waals surface area contributed by atoms with E-state index in [0.29, 0.717) is 0 Å². The average molecular weight is 309 g/mol. The topological polar surface area (TPSA) is 42.4 Å². The molecular weight excluding hydrogens is 292 g/mol. The molecule has 0 radical (unpaired) electrons. The van der Waals surface area contributed by atoms with E-state index in [4.69, 9.17) is 10.2 Å². The van der Waals surface area contributed by atoms with Gasteiger partial charge in [0, 0.05) is 16.7 Å². The summed E-state index contributed by atoms with van der Waals surface area (Å²) >= 11 is 3.54. The van der Waals surface area contributed by atoms with Crippen LogP contribution in [0.4, 0.5) is 5.69 Å². The van der Waals surface area contributed by atoms with Crippen LogP contribution in [-0.4, -0.2) is 11.9 Å². The third-order valence-corrected chi connectivity index (χ3v) is 3.48. The van der Waals surface area contributed by atoms with Crippen LogP contribution in [0.5, 0.6) is 0 Å². The molecule has 0 unspecified atom stereocenters. The number of nitrogen functional groups attached to an aromatic ring is 1. The molecule has 0 saturated carbocycles. The fraction of sp³-hybridized carbons (Fsp3) is 0.286. The molecule has 4 heteroatoms. The van der Waals surface area contributed by atoms with Gasteiger partial charge in [0.25, 0.3) is 0 Å². The second kappa shape index (κ2) is 5.59. The Morgan fingerprint density at radius 1 is 1.22 bits per heavy atom. The van der Waals surface area contributed by atoms with E-state index in [0.717, 1.165) is 34.8 Å². The lowest BCUT2D eigenvalue weighted by Gasteiger charge is -2.16. The van der Waals surface area contributed by atoms with Crippen LogP contribution in [0.2, 0.25) is 0 Å². The van der Waals surface area contributed by atoms with Gasteiger partial charge in [-0.25, -0.2) is 0 Å². The van der Waals surface area contributed by atoms with E-state index in [1.807, 2.05) is 37.3 Å². The summed E-state index contributed by atoms with van der Waals surface area (Å²) in [5.74, 6) is 1.94. The Bertz CT molecular complexity index is 536. The smallest absolute Gasteiger partial charge is 0.118 e. The van der Waals surface area contributed by atoms with Crippen molar-refractivity contribution in [2.75, 3.05) is 12.8 Å². The number of furan rings is 1. The third kappa shape index (κ3) is 3.37. The van der Waals surface area contributed by atoms with Crippen molar-refractivity contribution in [3.8, 4) is 0 Å². The number of rotatable bonds is 4. The molecule has 2 N–H and O–H groups in total. The first-order chi connectivity index (χ1) is 8.54. The van der Waals surface area contributed by atoms with E-state index in [9.17, 15) is 0 Å². The van der Waals surface area contributed by atoms with Gasteiger partial charge in [0.15, 0.2) is 0 Å². The van der Waals surface area contributed by atoms with E-state index < -0.39 is 0 Å². The maximum atomic E-state index is 5.73. The minimum atomic E-state index is 0.773. The quantitative estimate of drug-likeness (QED) is 0.878. The van der Waals surface area contributed by atoms with E-state index in [-0.39, 0.29) is 0 Å². The minimum Gasteiger partial charge on any atom is -0.465 e. The molecule has 1 aromatic heterocycles. The molecule has 0 atom stereocenters. The Morgan fingerprint density at radius 3 is 2.61 bits per heavy atom. The molecule has 0 aliphatic carbocycles. The summed E-state index contributed by atoms with van der Waals surface area (Å²) in [6, 6.07) is 9.90. The lowest BCUT2D eigenvalue weighted by molar-refractivity contribution is 0.285. The highest BCUT2D eigenvalue weighted by Gasteiger charge is 2.07. The van der Waals surface area contributed by atoms with Gasteiger partial charge < -0.3 is 10.2 Å². The standard InChI is InChI=1S/C14H17BrN2O/c1-10-3-6-13(18-10)9-17(2)8-11-4-5-12(16)7-14(11)15/h3-7H,8-9,16H2,1-2H3. The third-order valence-electron chi connectivity index (χ3n) is 2.74. The fourth-order valence-corrected chi connectivity index (χ4v) is 2.40. The number of hydrogen-bond acceptors (Lipinski definition) is 3. The molecule has 1 aromatic carbocycles. The fourth-order valence-electron chi connectivity index (χ4n) is 1.87. The summed E-state index contributed by atoms with van der Waals surface area (Å²) in [5, 5.41) is 0. The van der Waals surface area contributed by atoms with Gasteiger partial charge >= 0.3 is 0 Å². The second-order valence-corrected chi connectivity index (χ2v) is 5.39. The van der Waals surface area contributed by atoms with Crippen LogP contribution in [0.1, 0.15) is 17.1 Å². The van der Waals surface area contributed by atoms with Crippen LogP contribution in [0.3, 0.4) is 0 Å². The Labute approximate surface area is 116 Å². The predicted molar refractivity (Wildman–Crippen MR) is 77.2 cm³/mol. The van der Waals surface area contributed by atoms with Crippen molar-refractivity contribution in [1.82, 2.24) is 4.90 Å².